The van der Waals surface area contributed by atoms with Gasteiger partial charge in [0.05, 0.1) is 6.07 Å². The standard InChI is InChI=1S/C6H3F7IN/c7-4(8,1-3(14)2-15)5(9,10)6(11,12)13/h3H,1H2. The van der Waals surface area contributed by atoms with Gasteiger partial charge in [0.25, 0.3) is 0 Å². The summed E-state index contributed by atoms with van der Waals surface area (Å²) in [6.07, 6.45) is -8.18. The average molecular weight is 349 g/mol. The molecular formula is C6H3F7IN. The third kappa shape index (κ3) is 3.09. The summed E-state index contributed by atoms with van der Waals surface area (Å²) in [4.78, 5) is 0. The fourth-order valence-electron chi connectivity index (χ4n) is 0.606. The summed E-state index contributed by atoms with van der Waals surface area (Å²) in [5, 5.41) is 8.05. The van der Waals surface area contributed by atoms with E-state index in [9.17, 15) is 30.7 Å². The van der Waals surface area contributed by atoms with Crippen molar-refractivity contribution < 1.29 is 30.7 Å². The van der Waals surface area contributed by atoms with Crippen molar-refractivity contribution in [1.82, 2.24) is 0 Å². The first kappa shape index (κ1) is 14.7. The summed E-state index contributed by atoms with van der Waals surface area (Å²) in [5.41, 5.74) is 0. The molecule has 0 saturated heterocycles. The van der Waals surface area contributed by atoms with Gasteiger partial charge in [-0.05, 0) is 0 Å². The molecule has 9 heteroatoms. The first-order valence-corrected chi connectivity index (χ1v) is 4.56. The molecule has 0 heterocycles. The molecule has 0 fully saturated rings. The van der Waals surface area contributed by atoms with Crippen LogP contribution in [0.25, 0.3) is 0 Å². The van der Waals surface area contributed by atoms with Crippen molar-refractivity contribution in [3.63, 3.8) is 0 Å². The molecule has 0 aromatic rings. The summed E-state index contributed by atoms with van der Waals surface area (Å²) in [5.74, 6) is -11.4. The van der Waals surface area contributed by atoms with E-state index < -0.39 is 28.4 Å². The van der Waals surface area contributed by atoms with Gasteiger partial charge >= 0.3 is 18.0 Å². The van der Waals surface area contributed by atoms with Gasteiger partial charge in [0.1, 0.15) is 3.92 Å². The molecule has 88 valence electrons. The lowest BCUT2D eigenvalue weighted by atomic mass is 10.1. The molecule has 0 aliphatic rings. The van der Waals surface area contributed by atoms with Crippen LogP contribution in [0.1, 0.15) is 6.42 Å². The minimum absolute atomic E-state index is 1.06. The minimum Gasteiger partial charge on any atom is -0.199 e. The third-order valence-electron chi connectivity index (χ3n) is 1.39. The van der Waals surface area contributed by atoms with E-state index in [4.69, 9.17) is 5.26 Å². The highest BCUT2D eigenvalue weighted by atomic mass is 127. The number of hydrogen-bond donors (Lipinski definition) is 0. The van der Waals surface area contributed by atoms with Crippen LogP contribution in [0.3, 0.4) is 0 Å². The molecule has 0 amide bonds. The van der Waals surface area contributed by atoms with Gasteiger partial charge in [-0.3, -0.25) is 0 Å². The zero-order valence-corrected chi connectivity index (χ0v) is 8.91. The van der Waals surface area contributed by atoms with E-state index in [0.29, 0.717) is 0 Å². The summed E-state index contributed by atoms with van der Waals surface area (Å²) in [7, 11) is 0. The van der Waals surface area contributed by atoms with Gasteiger partial charge in [0, 0.05) is 6.42 Å². The summed E-state index contributed by atoms with van der Waals surface area (Å²) >= 11 is 1.06. The van der Waals surface area contributed by atoms with E-state index in [0.717, 1.165) is 28.7 Å². The van der Waals surface area contributed by atoms with Crippen LogP contribution in [0.15, 0.2) is 0 Å². The Morgan fingerprint density at radius 1 is 1.07 bits per heavy atom. The second-order valence-corrected chi connectivity index (χ2v) is 4.08. The fourth-order valence-corrected chi connectivity index (χ4v) is 1.16. The van der Waals surface area contributed by atoms with Crippen LogP contribution in [-0.4, -0.2) is 21.9 Å². The molecule has 1 atom stereocenters. The van der Waals surface area contributed by atoms with Crippen molar-refractivity contribution in [2.45, 2.75) is 28.4 Å². The van der Waals surface area contributed by atoms with Crippen molar-refractivity contribution in [3.05, 3.63) is 0 Å². The first-order valence-electron chi connectivity index (χ1n) is 3.32. The number of nitriles is 1. The Balaban J connectivity index is 4.95. The Bertz CT molecular complexity index is 266. The second-order valence-electron chi connectivity index (χ2n) is 2.58. The molecule has 0 bridgehead atoms. The van der Waals surface area contributed by atoms with Crippen molar-refractivity contribution in [2.75, 3.05) is 0 Å². The SMILES string of the molecule is N#CC(I)CC(F)(F)C(F)(F)C(F)(F)F. The topological polar surface area (TPSA) is 23.8 Å². The Morgan fingerprint density at radius 3 is 1.73 bits per heavy atom. The van der Waals surface area contributed by atoms with Crippen LogP contribution < -0.4 is 0 Å². The molecule has 0 aromatic heterocycles. The Morgan fingerprint density at radius 2 is 1.47 bits per heavy atom. The van der Waals surface area contributed by atoms with Crippen LogP contribution in [0.2, 0.25) is 0 Å². The van der Waals surface area contributed by atoms with Crippen molar-refractivity contribution in [2.24, 2.45) is 0 Å². The normalized spacial score (nSPS) is 15.9. The molecule has 0 rings (SSSR count). The first-order chi connectivity index (χ1) is 6.45. The smallest absolute Gasteiger partial charge is 0.199 e. The van der Waals surface area contributed by atoms with Crippen molar-refractivity contribution in [1.29, 1.82) is 5.26 Å². The number of nitrogens with zero attached hydrogens (tertiary/aromatic N) is 1. The number of hydrogen-bond acceptors (Lipinski definition) is 1. The van der Waals surface area contributed by atoms with Gasteiger partial charge in [-0.25, -0.2) is 0 Å². The Kier molecular flexibility index (Phi) is 4.23. The zero-order chi connectivity index (χ0) is 12.5. The van der Waals surface area contributed by atoms with E-state index >= 15 is 0 Å². The maximum absolute atomic E-state index is 12.5. The maximum atomic E-state index is 12.5. The Hall–Kier alpha value is -0.270. The van der Waals surface area contributed by atoms with Crippen molar-refractivity contribution >= 4 is 22.6 Å². The summed E-state index contributed by atoms with van der Waals surface area (Å²) in [6, 6.07) is 1.15. The monoisotopic (exact) mass is 349 g/mol. The molecule has 0 saturated carbocycles. The molecule has 1 nitrogen and oxygen atoms in total. The van der Waals surface area contributed by atoms with Crippen LogP contribution in [0.4, 0.5) is 30.7 Å². The minimum atomic E-state index is -6.33. The second kappa shape index (κ2) is 4.31. The molecule has 15 heavy (non-hydrogen) atoms. The predicted molar refractivity (Wildman–Crippen MR) is 44.0 cm³/mol. The molecule has 0 aliphatic heterocycles. The van der Waals surface area contributed by atoms with Gasteiger partial charge in [0.15, 0.2) is 0 Å². The van der Waals surface area contributed by atoms with Gasteiger partial charge in [-0.15, -0.1) is 0 Å². The maximum Gasteiger partial charge on any atom is 0.459 e. The molecule has 0 spiro atoms. The van der Waals surface area contributed by atoms with Gasteiger partial charge in [0.2, 0.25) is 0 Å². The summed E-state index contributed by atoms with van der Waals surface area (Å²) < 4.78 is 82.5. The lowest BCUT2D eigenvalue weighted by Crippen LogP contribution is -2.52. The molecular weight excluding hydrogens is 346 g/mol. The van der Waals surface area contributed by atoms with E-state index in [-0.39, 0.29) is 0 Å². The number of rotatable bonds is 3. The quantitative estimate of drug-likeness (QED) is 0.435. The van der Waals surface area contributed by atoms with Crippen LogP contribution in [0.5, 0.6) is 0 Å². The molecule has 1 unspecified atom stereocenters. The zero-order valence-electron chi connectivity index (χ0n) is 6.76. The highest BCUT2D eigenvalue weighted by Gasteiger charge is 2.72. The third-order valence-corrected chi connectivity index (χ3v) is 2.11. The van der Waals surface area contributed by atoms with Gasteiger partial charge in [-0.1, -0.05) is 22.6 Å². The summed E-state index contributed by atoms with van der Waals surface area (Å²) in [6.45, 7) is 0. The number of alkyl halides is 8. The van der Waals surface area contributed by atoms with Crippen molar-refractivity contribution in [3.8, 4) is 6.07 Å². The largest absolute Gasteiger partial charge is 0.459 e. The molecule has 0 N–H and O–H groups in total. The highest BCUT2D eigenvalue weighted by molar-refractivity contribution is 14.1. The number of halogens is 8. The highest BCUT2D eigenvalue weighted by Crippen LogP contribution is 2.48. The molecule has 0 radical (unpaired) electrons. The van der Waals surface area contributed by atoms with E-state index in [1.807, 2.05) is 0 Å². The molecule has 0 aliphatic carbocycles. The molecule has 0 aromatic carbocycles. The lowest BCUT2D eigenvalue weighted by Gasteiger charge is -2.28. The van der Waals surface area contributed by atoms with E-state index in [2.05, 4.69) is 0 Å². The van der Waals surface area contributed by atoms with E-state index in [1.54, 1.807) is 0 Å². The van der Waals surface area contributed by atoms with Crippen LogP contribution in [0, 0.1) is 11.3 Å². The van der Waals surface area contributed by atoms with Gasteiger partial charge in [-0.2, -0.15) is 36.0 Å². The predicted octanol–water partition coefficient (Wildman–Crippen LogP) is 3.54. The average Bonchev–Trinajstić information content (AvgIpc) is 2.00. The lowest BCUT2D eigenvalue weighted by molar-refractivity contribution is -0.354. The van der Waals surface area contributed by atoms with E-state index in [1.165, 1.54) is 0 Å². The van der Waals surface area contributed by atoms with Crippen LogP contribution >= 0.6 is 22.6 Å². The Labute approximate surface area is 93.4 Å². The van der Waals surface area contributed by atoms with Gasteiger partial charge < -0.3 is 0 Å². The fraction of sp³-hybridized carbons (Fsp3) is 0.833. The van der Waals surface area contributed by atoms with Crippen LogP contribution in [-0.2, 0) is 0 Å².